The molecule has 2 rings (SSSR count). The van der Waals surface area contributed by atoms with E-state index in [0.29, 0.717) is 24.1 Å². The maximum atomic E-state index is 9.62. The third-order valence-electron chi connectivity index (χ3n) is 2.14. The van der Waals surface area contributed by atoms with Gasteiger partial charge in [0.2, 0.25) is 5.16 Å². The van der Waals surface area contributed by atoms with Gasteiger partial charge in [0.05, 0.1) is 17.6 Å². The average molecular weight is 285 g/mol. The summed E-state index contributed by atoms with van der Waals surface area (Å²) in [5, 5.41) is 19.3. The van der Waals surface area contributed by atoms with Crippen molar-refractivity contribution in [3.05, 3.63) is 17.5 Å². The summed E-state index contributed by atoms with van der Waals surface area (Å²) in [5.74, 6) is 1.30. The molecule has 1 atom stereocenters. The van der Waals surface area contributed by atoms with Crippen molar-refractivity contribution in [1.82, 2.24) is 15.2 Å². The van der Waals surface area contributed by atoms with Gasteiger partial charge in [-0.2, -0.15) is 0 Å². The summed E-state index contributed by atoms with van der Waals surface area (Å²) >= 11 is 3.03. The Hall–Kier alpha value is -0.890. The molecule has 0 saturated carbocycles. The SMILES string of the molecule is CCOCC(O)CSc1n[nH]c(-c2cccs2)n1. The summed E-state index contributed by atoms with van der Waals surface area (Å²) in [6.45, 7) is 2.87. The molecular formula is C11H15N3O2S2. The Morgan fingerprint density at radius 1 is 1.61 bits per heavy atom. The highest BCUT2D eigenvalue weighted by Gasteiger charge is 2.10. The number of H-pyrrole nitrogens is 1. The predicted octanol–water partition coefficient (Wildman–Crippen LogP) is 2.02. The Morgan fingerprint density at radius 2 is 2.50 bits per heavy atom. The summed E-state index contributed by atoms with van der Waals surface area (Å²) in [6.07, 6.45) is -0.487. The average Bonchev–Trinajstić information content (AvgIpc) is 3.03. The lowest BCUT2D eigenvalue weighted by Gasteiger charge is -2.07. The smallest absolute Gasteiger partial charge is 0.208 e. The Labute approximate surface area is 114 Å². The van der Waals surface area contributed by atoms with E-state index in [1.165, 1.54) is 11.8 Å². The molecule has 2 heterocycles. The lowest BCUT2D eigenvalue weighted by Crippen LogP contribution is -2.17. The zero-order valence-corrected chi connectivity index (χ0v) is 11.6. The van der Waals surface area contributed by atoms with E-state index < -0.39 is 6.10 Å². The first-order chi connectivity index (χ1) is 8.79. The van der Waals surface area contributed by atoms with Crippen LogP contribution in [0.3, 0.4) is 0 Å². The molecule has 2 N–H and O–H groups in total. The second kappa shape index (κ2) is 6.89. The first kappa shape index (κ1) is 13.5. The minimum atomic E-state index is -0.487. The minimum Gasteiger partial charge on any atom is -0.390 e. The second-order valence-corrected chi connectivity index (χ2v) is 5.50. The minimum absolute atomic E-state index is 0.353. The molecule has 7 heteroatoms. The lowest BCUT2D eigenvalue weighted by molar-refractivity contribution is 0.0551. The van der Waals surface area contributed by atoms with Gasteiger partial charge in [0, 0.05) is 12.4 Å². The van der Waals surface area contributed by atoms with Gasteiger partial charge in [0.25, 0.3) is 0 Å². The number of thioether (sulfide) groups is 1. The number of thiophene rings is 1. The first-order valence-electron chi connectivity index (χ1n) is 5.64. The maximum absolute atomic E-state index is 9.62. The van der Waals surface area contributed by atoms with Gasteiger partial charge in [-0.1, -0.05) is 17.8 Å². The van der Waals surface area contributed by atoms with Crippen LogP contribution in [-0.4, -0.2) is 45.4 Å². The van der Waals surface area contributed by atoms with Crippen molar-refractivity contribution >= 4 is 23.1 Å². The number of aliphatic hydroxyl groups excluding tert-OH is 1. The van der Waals surface area contributed by atoms with Crippen molar-refractivity contribution in [3.63, 3.8) is 0 Å². The fourth-order valence-electron chi connectivity index (χ4n) is 1.31. The monoisotopic (exact) mass is 285 g/mol. The largest absolute Gasteiger partial charge is 0.390 e. The highest BCUT2D eigenvalue weighted by molar-refractivity contribution is 7.99. The number of rotatable bonds is 7. The van der Waals surface area contributed by atoms with Crippen LogP contribution < -0.4 is 0 Å². The van der Waals surface area contributed by atoms with E-state index in [4.69, 9.17) is 4.74 Å². The second-order valence-electron chi connectivity index (χ2n) is 3.57. The molecule has 0 amide bonds. The molecular weight excluding hydrogens is 270 g/mol. The van der Waals surface area contributed by atoms with E-state index >= 15 is 0 Å². The predicted molar refractivity (Wildman–Crippen MR) is 72.9 cm³/mol. The van der Waals surface area contributed by atoms with Crippen LogP contribution in [0.4, 0.5) is 0 Å². The number of hydrogen-bond acceptors (Lipinski definition) is 6. The van der Waals surface area contributed by atoms with Crippen LogP contribution in [0.15, 0.2) is 22.7 Å². The number of ether oxygens (including phenoxy) is 1. The first-order valence-corrected chi connectivity index (χ1v) is 7.51. The molecule has 2 aromatic rings. The normalized spacial score (nSPS) is 12.8. The van der Waals surface area contributed by atoms with Crippen LogP contribution in [-0.2, 0) is 4.74 Å². The Balaban J connectivity index is 1.84. The van der Waals surface area contributed by atoms with Crippen LogP contribution in [0.1, 0.15) is 6.92 Å². The molecule has 1 unspecified atom stereocenters. The molecule has 0 aliphatic rings. The van der Waals surface area contributed by atoms with Gasteiger partial charge in [0.15, 0.2) is 5.82 Å². The highest BCUT2D eigenvalue weighted by atomic mass is 32.2. The van der Waals surface area contributed by atoms with Gasteiger partial charge in [-0.3, -0.25) is 5.10 Å². The van der Waals surface area contributed by atoms with Crippen molar-refractivity contribution in [1.29, 1.82) is 0 Å². The summed E-state index contributed by atoms with van der Waals surface area (Å²) in [7, 11) is 0. The molecule has 18 heavy (non-hydrogen) atoms. The van der Waals surface area contributed by atoms with Gasteiger partial charge in [-0.15, -0.1) is 16.4 Å². The fourth-order valence-corrected chi connectivity index (χ4v) is 2.67. The molecule has 5 nitrogen and oxygen atoms in total. The van der Waals surface area contributed by atoms with E-state index in [0.717, 1.165) is 10.7 Å². The van der Waals surface area contributed by atoms with Gasteiger partial charge >= 0.3 is 0 Å². The Bertz CT molecular complexity index is 459. The zero-order valence-electron chi connectivity index (χ0n) is 10.00. The fraction of sp³-hybridized carbons (Fsp3) is 0.455. The Morgan fingerprint density at radius 3 is 3.22 bits per heavy atom. The molecule has 0 fully saturated rings. The van der Waals surface area contributed by atoms with Crippen LogP contribution in [0.2, 0.25) is 0 Å². The molecule has 0 radical (unpaired) electrons. The van der Waals surface area contributed by atoms with E-state index in [-0.39, 0.29) is 0 Å². The van der Waals surface area contributed by atoms with E-state index in [1.807, 2.05) is 24.4 Å². The Kier molecular flexibility index (Phi) is 5.18. The number of nitrogens with zero attached hydrogens (tertiary/aromatic N) is 2. The van der Waals surface area contributed by atoms with Crippen LogP contribution in [0.25, 0.3) is 10.7 Å². The molecule has 0 spiro atoms. The standard InChI is InChI=1S/C11H15N3O2S2/c1-2-16-6-8(15)7-18-11-12-10(13-14-11)9-4-3-5-17-9/h3-5,8,15H,2,6-7H2,1H3,(H,12,13,14). The number of aliphatic hydroxyl groups is 1. The third-order valence-corrected chi connectivity index (χ3v) is 4.01. The maximum Gasteiger partial charge on any atom is 0.208 e. The van der Waals surface area contributed by atoms with Crippen molar-refractivity contribution in [2.24, 2.45) is 0 Å². The van der Waals surface area contributed by atoms with Crippen molar-refractivity contribution in [2.75, 3.05) is 19.0 Å². The molecule has 0 saturated heterocycles. The summed E-state index contributed by atoms with van der Waals surface area (Å²) in [5.41, 5.74) is 0. The summed E-state index contributed by atoms with van der Waals surface area (Å²) in [4.78, 5) is 5.42. The molecule has 0 bridgehead atoms. The van der Waals surface area contributed by atoms with Gasteiger partial charge in [0.1, 0.15) is 0 Å². The third kappa shape index (κ3) is 3.81. The number of hydrogen-bond donors (Lipinski definition) is 2. The lowest BCUT2D eigenvalue weighted by atomic mass is 10.4. The molecule has 2 aromatic heterocycles. The topological polar surface area (TPSA) is 71.0 Å². The molecule has 0 aromatic carbocycles. The van der Waals surface area contributed by atoms with Crippen LogP contribution in [0, 0.1) is 0 Å². The highest BCUT2D eigenvalue weighted by Crippen LogP contribution is 2.23. The number of aromatic amines is 1. The van der Waals surface area contributed by atoms with Gasteiger partial charge in [-0.25, -0.2) is 4.98 Å². The molecule has 0 aliphatic heterocycles. The van der Waals surface area contributed by atoms with Gasteiger partial charge in [-0.05, 0) is 18.4 Å². The van der Waals surface area contributed by atoms with E-state index in [9.17, 15) is 5.11 Å². The summed E-state index contributed by atoms with van der Waals surface area (Å²) in [6, 6.07) is 3.96. The van der Waals surface area contributed by atoms with Crippen molar-refractivity contribution in [3.8, 4) is 10.7 Å². The number of aromatic nitrogens is 3. The number of nitrogens with one attached hydrogen (secondary N) is 1. The van der Waals surface area contributed by atoms with E-state index in [1.54, 1.807) is 11.3 Å². The quantitative estimate of drug-likeness (QED) is 0.762. The zero-order chi connectivity index (χ0) is 12.8. The van der Waals surface area contributed by atoms with Crippen LogP contribution in [0.5, 0.6) is 0 Å². The van der Waals surface area contributed by atoms with Gasteiger partial charge < -0.3 is 9.84 Å². The molecule has 98 valence electrons. The van der Waals surface area contributed by atoms with Crippen molar-refractivity contribution < 1.29 is 9.84 Å². The van der Waals surface area contributed by atoms with E-state index in [2.05, 4.69) is 15.2 Å². The molecule has 0 aliphatic carbocycles. The van der Waals surface area contributed by atoms with Crippen molar-refractivity contribution in [2.45, 2.75) is 18.2 Å². The summed E-state index contributed by atoms with van der Waals surface area (Å²) < 4.78 is 5.14. The van der Waals surface area contributed by atoms with Crippen LogP contribution >= 0.6 is 23.1 Å².